The fourth-order valence-electron chi connectivity index (χ4n) is 5.39. The molecule has 0 radical (unpaired) electrons. The van der Waals surface area contributed by atoms with Crippen molar-refractivity contribution in [1.82, 2.24) is 14.9 Å². The monoisotopic (exact) mass is 598 g/mol. The topological polar surface area (TPSA) is 101 Å². The summed E-state index contributed by atoms with van der Waals surface area (Å²) in [6.07, 6.45) is 0.751. The number of anilines is 1. The fourth-order valence-corrected chi connectivity index (χ4v) is 6.38. The molecule has 9 heteroatoms. The van der Waals surface area contributed by atoms with Gasteiger partial charge in [-0.3, -0.25) is 4.79 Å². The van der Waals surface area contributed by atoms with E-state index in [0.29, 0.717) is 31.0 Å². The third-order valence-corrected chi connectivity index (χ3v) is 9.05. The zero-order chi connectivity index (χ0) is 30.9. The van der Waals surface area contributed by atoms with Gasteiger partial charge >= 0.3 is 0 Å². The number of hydrogen-bond donors (Lipinski definition) is 1. The van der Waals surface area contributed by atoms with E-state index < -0.39 is 10.0 Å². The van der Waals surface area contributed by atoms with Crippen molar-refractivity contribution in [2.45, 2.75) is 64.8 Å². The number of sulfonamides is 1. The molecule has 224 valence electrons. The molecule has 0 unspecified atom stereocenters. The minimum Gasteiger partial charge on any atom is -0.478 e. The number of carbonyl (C=O) groups is 1. The van der Waals surface area contributed by atoms with Crippen molar-refractivity contribution in [2.75, 3.05) is 17.9 Å². The Labute approximate surface area is 254 Å². The number of hydrogen-bond acceptors (Lipinski definition) is 6. The van der Waals surface area contributed by atoms with E-state index in [1.165, 1.54) is 23.3 Å². The van der Waals surface area contributed by atoms with Gasteiger partial charge in [0.25, 0.3) is 15.9 Å². The van der Waals surface area contributed by atoms with Crippen LogP contribution in [0.4, 0.5) is 5.95 Å². The predicted molar refractivity (Wildman–Crippen MR) is 169 cm³/mol. The van der Waals surface area contributed by atoms with Crippen LogP contribution < -0.4 is 9.46 Å². The minimum atomic E-state index is -4.12. The van der Waals surface area contributed by atoms with E-state index in [1.54, 1.807) is 23.1 Å². The van der Waals surface area contributed by atoms with E-state index in [1.807, 2.05) is 39.0 Å². The molecule has 3 aromatic carbocycles. The average Bonchev–Trinajstić information content (AvgIpc) is 2.95. The Morgan fingerprint density at radius 2 is 1.67 bits per heavy atom. The lowest BCUT2D eigenvalue weighted by atomic mass is 9.84. The van der Waals surface area contributed by atoms with Crippen LogP contribution in [0.25, 0.3) is 11.3 Å². The lowest BCUT2D eigenvalue weighted by Crippen LogP contribution is -2.36. The van der Waals surface area contributed by atoms with Gasteiger partial charge in [0.15, 0.2) is 0 Å². The van der Waals surface area contributed by atoms with E-state index in [2.05, 4.69) is 53.7 Å². The summed E-state index contributed by atoms with van der Waals surface area (Å²) in [5.41, 5.74) is 7.43. The van der Waals surface area contributed by atoms with Crippen molar-refractivity contribution in [3.8, 4) is 17.1 Å². The summed E-state index contributed by atoms with van der Waals surface area (Å²) >= 11 is 0. The number of aryl methyl sites for hydroxylation is 2. The Morgan fingerprint density at radius 1 is 0.953 bits per heavy atom. The summed E-state index contributed by atoms with van der Waals surface area (Å²) in [6, 6.07) is 20.2. The zero-order valence-electron chi connectivity index (χ0n) is 25.6. The molecule has 4 aromatic rings. The normalized spacial score (nSPS) is 13.4. The molecule has 1 aliphatic rings. The second-order valence-electron chi connectivity index (χ2n) is 12.0. The highest BCUT2D eigenvalue weighted by molar-refractivity contribution is 7.92. The molecule has 43 heavy (non-hydrogen) atoms. The average molecular weight is 599 g/mol. The van der Waals surface area contributed by atoms with Gasteiger partial charge < -0.3 is 9.64 Å². The molecule has 1 amide bonds. The molecule has 2 heterocycles. The van der Waals surface area contributed by atoms with Crippen LogP contribution in [0, 0.1) is 13.8 Å². The minimum absolute atomic E-state index is 0.0513. The number of aromatic nitrogens is 2. The third-order valence-electron chi connectivity index (χ3n) is 7.72. The van der Waals surface area contributed by atoms with Crippen molar-refractivity contribution in [2.24, 2.45) is 0 Å². The number of ether oxygens (including phenoxy) is 1. The number of amides is 1. The molecule has 0 bridgehead atoms. The number of nitrogens with zero attached hydrogens (tertiary/aromatic N) is 3. The molecule has 0 saturated heterocycles. The Hall–Kier alpha value is -4.24. The summed E-state index contributed by atoms with van der Waals surface area (Å²) in [7, 11) is -4.12. The third kappa shape index (κ3) is 6.57. The number of benzene rings is 3. The molecule has 0 atom stereocenters. The van der Waals surface area contributed by atoms with Crippen LogP contribution in [0.2, 0.25) is 0 Å². The van der Waals surface area contributed by atoms with Crippen LogP contribution in [-0.2, 0) is 28.4 Å². The van der Waals surface area contributed by atoms with Gasteiger partial charge in [-0.05, 0) is 78.6 Å². The van der Waals surface area contributed by atoms with Gasteiger partial charge in [-0.15, -0.1) is 0 Å². The maximum absolute atomic E-state index is 13.5. The smallest absolute Gasteiger partial charge is 0.264 e. The number of carbonyl (C=O) groups excluding carboxylic acids is 1. The lowest BCUT2D eigenvalue weighted by Gasteiger charge is -2.30. The maximum Gasteiger partial charge on any atom is 0.264 e. The second kappa shape index (κ2) is 11.8. The van der Waals surface area contributed by atoms with Gasteiger partial charge in [0.1, 0.15) is 0 Å². The first-order valence-electron chi connectivity index (χ1n) is 14.5. The van der Waals surface area contributed by atoms with E-state index >= 15 is 0 Å². The summed E-state index contributed by atoms with van der Waals surface area (Å²) in [5.74, 6) is -0.0612. The van der Waals surface area contributed by atoms with Crippen LogP contribution in [0.5, 0.6) is 5.88 Å². The highest BCUT2D eigenvalue weighted by atomic mass is 32.2. The SMILES string of the molecule is CCOc1cc(-c2c(C)cccc2C)nc(NS(=O)(=O)c2cccc(C(=O)N3CCc4cc(C(C)(C)C)ccc4C3)c2)n1. The molecule has 8 nitrogen and oxygen atoms in total. The Kier molecular flexibility index (Phi) is 8.29. The number of nitrogens with one attached hydrogen (secondary N) is 1. The summed E-state index contributed by atoms with van der Waals surface area (Å²) < 4.78 is 35.2. The number of fused-ring (bicyclic) bond motifs is 1. The summed E-state index contributed by atoms with van der Waals surface area (Å²) in [6.45, 7) is 13.7. The molecule has 0 saturated carbocycles. The van der Waals surface area contributed by atoms with Crippen molar-refractivity contribution >= 4 is 21.9 Å². The first-order valence-corrected chi connectivity index (χ1v) is 16.0. The van der Waals surface area contributed by atoms with Gasteiger partial charge in [-0.2, -0.15) is 4.98 Å². The summed E-state index contributed by atoms with van der Waals surface area (Å²) in [4.78, 5) is 24.1. The molecule has 0 fully saturated rings. The molecule has 1 N–H and O–H groups in total. The van der Waals surface area contributed by atoms with Gasteiger partial charge in [0, 0.05) is 30.3 Å². The zero-order valence-corrected chi connectivity index (χ0v) is 26.4. The fraction of sp³-hybridized carbons (Fsp3) is 0.324. The first-order chi connectivity index (χ1) is 20.4. The lowest BCUT2D eigenvalue weighted by molar-refractivity contribution is 0.0734. The number of rotatable bonds is 7. The van der Waals surface area contributed by atoms with Gasteiger partial charge in [0.05, 0.1) is 17.2 Å². The van der Waals surface area contributed by atoms with Crippen molar-refractivity contribution in [1.29, 1.82) is 0 Å². The van der Waals surface area contributed by atoms with Crippen LogP contribution >= 0.6 is 0 Å². The molecular formula is C34H38N4O4S. The highest BCUT2D eigenvalue weighted by Crippen LogP contribution is 2.30. The standard InChI is InChI=1S/C34H38N4O4S/c1-7-42-30-20-29(31-22(2)10-8-11-23(31)3)35-33(36-30)37-43(40,41)28-13-9-12-25(19-28)32(39)38-17-16-24-18-27(34(4,5)6)15-14-26(24)21-38/h8-15,18-20H,7,16-17,21H2,1-6H3,(H,35,36,37). The maximum atomic E-state index is 13.5. The van der Waals surface area contributed by atoms with Crippen LogP contribution in [-0.4, -0.2) is 42.3 Å². The van der Waals surface area contributed by atoms with E-state index in [9.17, 15) is 13.2 Å². The molecule has 1 aliphatic heterocycles. The van der Waals surface area contributed by atoms with Gasteiger partial charge in [0.2, 0.25) is 11.8 Å². The van der Waals surface area contributed by atoms with Crippen LogP contribution in [0.3, 0.4) is 0 Å². The van der Waals surface area contributed by atoms with E-state index in [-0.39, 0.29) is 28.0 Å². The first kappa shape index (κ1) is 30.2. The summed E-state index contributed by atoms with van der Waals surface area (Å²) in [5, 5.41) is 0. The van der Waals surface area contributed by atoms with Crippen molar-refractivity contribution < 1.29 is 17.9 Å². The Bertz CT molecular complexity index is 1770. The molecule has 0 spiro atoms. The quantitative estimate of drug-likeness (QED) is 0.262. The highest BCUT2D eigenvalue weighted by Gasteiger charge is 2.25. The second-order valence-corrected chi connectivity index (χ2v) is 13.6. The Balaban J connectivity index is 1.39. The Morgan fingerprint density at radius 3 is 2.37 bits per heavy atom. The predicted octanol–water partition coefficient (Wildman–Crippen LogP) is 6.46. The van der Waals surface area contributed by atoms with Gasteiger partial charge in [-0.1, -0.05) is 63.2 Å². The molecule has 0 aliphatic carbocycles. The van der Waals surface area contributed by atoms with Crippen LogP contribution in [0.15, 0.2) is 71.6 Å². The van der Waals surface area contributed by atoms with Crippen LogP contribution in [0.1, 0.15) is 65.9 Å². The molecular weight excluding hydrogens is 560 g/mol. The molecule has 5 rings (SSSR count). The molecule has 1 aromatic heterocycles. The largest absolute Gasteiger partial charge is 0.478 e. The van der Waals surface area contributed by atoms with Gasteiger partial charge in [-0.25, -0.2) is 18.1 Å². The van der Waals surface area contributed by atoms with E-state index in [0.717, 1.165) is 28.7 Å². The van der Waals surface area contributed by atoms with E-state index in [4.69, 9.17) is 4.74 Å². The van der Waals surface area contributed by atoms with Crippen molar-refractivity contribution in [3.63, 3.8) is 0 Å². The van der Waals surface area contributed by atoms with Crippen molar-refractivity contribution in [3.05, 3.63) is 100 Å².